The van der Waals surface area contributed by atoms with Crippen LogP contribution in [0, 0.1) is 0 Å². The zero-order chi connectivity index (χ0) is 17.5. The summed E-state index contributed by atoms with van der Waals surface area (Å²) < 4.78 is 71.3. The van der Waals surface area contributed by atoms with E-state index in [1.54, 1.807) is 18.2 Å². The second kappa shape index (κ2) is 5.96. The Kier molecular flexibility index (Phi) is 4.25. The number of rotatable bonds is 2. The van der Waals surface area contributed by atoms with Crippen molar-refractivity contribution in [3.8, 4) is 5.75 Å². The average Bonchev–Trinajstić information content (AvgIpc) is 2.53. The summed E-state index contributed by atoms with van der Waals surface area (Å²) in [5.41, 5.74) is -0.723. The van der Waals surface area contributed by atoms with Crippen LogP contribution >= 0.6 is 15.9 Å². The van der Waals surface area contributed by atoms with Gasteiger partial charge in [-0.05, 0) is 36.4 Å². The summed E-state index contributed by atoms with van der Waals surface area (Å²) in [6.07, 6.45) is -4.61. The van der Waals surface area contributed by atoms with E-state index >= 15 is 0 Å². The van der Waals surface area contributed by atoms with Crippen molar-refractivity contribution in [2.24, 2.45) is 0 Å². The first-order valence-corrected chi connectivity index (χ1v) is 9.05. The molecule has 1 heterocycles. The van der Waals surface area contributed by atoms with Gasteiger partial charge in [0.05, 0.1) is 22.7 Å². The number of halogens is 4. The predicted octanol–water partition coefficient (Wildman–Crippen LogP) is 4.06. The maximum Gasteiger partial charge on any atom is 0.416 e. The van der Waals surface area contributed by atoms with Gasteiger partial charge >= 0.3 is 6.18 Å². The SMILES string of the molecule is O=S(=O)(c1cccc(C(F)(F)F)c1)N1CCOc2ccc(Br)cc21. The standard InChI is InChI=1S/C15H11BrF3NO3S/c16-11-4-5-14-13(9-11)20(6-7-23-14)24(21,22)12-3-1-2-10(8-12)15(17,18)19/h1-5,8-9H,6-7H2. The highest BCUT2D eigenvalue weighted by molar-refractivity contribution is 9.10. The van der Waals surface area contributed by atoms with E-state index in [1.807, 2.05) is 0 Å². The van der Waals surface area contributed by atoms with Crippen molar-refractivity contribution in [1.82, 2.24) is 0 Å². The number of sulfonamides is 1. The average molecular weight is 422 g/mol. The van der Waals surface area contributed by atoms with Crippen LogP contribution in [-0.2, 0) is 16.2 Å². The fourth-order valence-electron chi connectivity index (χ4n) is 2.38. The number of benzene rings is 2. The fraction of sp³-hybridized carbons (Fsp3) is 0.200. The second-order valence-corrected chi connectivity index (χ2v) is 7.84. The zero-order valence-electron chi connectivity index (χ0n) is 12.0. The molecule has 3 rings (SSSR count). The molecule has 0 saturated carbocycles. The topological polar surface area (TPSA) is 46.6 Å². The van der Waals surface area contributed by atoms with Crippen molar-refractivity contribution in [1.29, 1.82) is 0 Å². The molecule has 24 heavy (non-hydrogen) atoms. The number of fused-ring (bicyclic) bond motifs is 1. The number of anilines is 1. The van der Waals surface area contributed by atoms with E-state index in [1.165, 1.54) is 0 Å². The molecule has 1 aliphatic heterocycles. The summed E-state index contributed by atoms with van der Waals surface area (Å²) in [6.45, 7) is 0.134. The summed E-state index contributed by atoms with van der Waals surface area (Å²) >= 11 is 3.25. The van der Waals surface area contributed by atoms with Gasteiger partial charge in [-0.2, -0.15) is 13.2 Å². The fourth-order valence-corrected chi connectivity index (χ4v) is 4.22. The lowest BCUT2D eigenvalue weighted by molar-refractivity contribution is -0.137. The van der Waals surface area contributed by atoms with Crippen LogP contribution in [0.25, 0.3) is 0 Å². The van der Waals surface area contributed by atoms with Crippen molar-refractivity contribution in [2.45, 2.75) is 11.1 Å². The smallest absolute Gasteiger partial charge is 0.416 e. The number of hydrogen-bond acceptors (Lipinski definition) is 3. The molecular formula is C15H11BrF3NO3S. The molecule has 0 N–H and O–H groups in total. The molecule has 0 aromatic heterocycles. The Morgan fingerprint density at radius 2 is 1.88 bits per heavy atom. The third-order valence-electron chi connectivity index (χ3n) is 3.49. The molecule has 0 fully saturated rings. The van der Waals surface area contributed by atoms with Crippen molar-refractivity contribution < 1.29 is 26.3 Å². The minimum Gasteiger partial charge on any atom is -0.489 e. The quantitative estimate of drug-likeness (QED) is 0.734. The molecule has 128 valence electrons. The van der Waals surface area contributed by atoms with Gasteiger partial charge in [0.2, 0.25) is 0 Å². The van der Waals surface area contributed by atoms with Gasteiger partial charge < -0.3 is 4.74 Å². The Labute approximate surface area is 145 Å². The van der Waals surface area contributed by atoms with Crippen LogP contribution in [-0.4, -0.2) is 21.6 Å². The van der Waals surface area contributed by atoms with Crippen LogP contribution in [0.5, 0.6) is 5.75 Å². The van der Waals surface area contributed by atoms with Crippen molar-refractivity contribution in [3.63, 3.8) is 0 Å². The maximum atomic E-state index is 12.9. The van der Waals surface area contributed by atoms with Crippen LogP contribution in [0.3, 0.4) is 0 Å². The number of ether oxygens (including phenoxy) is 1. The first-order chi connectivity index (χ1) is 11.2. The Hall–Kier alpha value is -1.74. The summed E-state index contributed by atoms with van der Waals surface area (Å²) in [7, 11) is -4.14. The highest BCUT2D eigenvalue weighted by Gasteiger charge is 2.34. The molecule has 0 spiro atoms. The molecule has 0 bridgehead atoms. The van der Waals surface area contributed by atoms with Crippen molar-refractivity contribution >= 4 is 31.6 Å². The minimum atomic E-state index is -4.61. The Balaban J connectivity index is 2.09. The molecular weight excluding hydrogens is 411 g/mol. The maximum absolute atomic E-state index is 12.9. The normalized spacial score (nSPS) is 14.9. The first-order valence-electron chi connectivity index (χ1n) is 6.82. The van der Waals surface area contributed by atoms with Gasteiger partial charge in [0.25, 0.3) is 10.0 Å². The van der Waals surface area contributed by atoms with Crippen LogP contribution in [0.2, 0.25) is 0 Å². The molecule has 2 aromatic carbocycles. The van der Waals surface area contributed by atoms with Crippen molar-refractivity contribution in [3.05, 3.63) is 52.5 Å². The van der Waals surface area contributed by atoms with E-state index in [-0.39, 0.29) is 18.8 Å². The van der Waals surface area contributed by atoms with Crippen molar-refractivity contribution in [2.75, 3.05) is 17.5 Å². The van der Waals surface area contributed by atoms with E-state index in [4.69, 9.17) is 4.74 Å². The monoisotopic (exact) mass is 421 g/mol. The van der Waals surface area contributed by atoms with Gasteiger partial charge in [0.15, 0.2) is 0 Å². The minimum absolute atomic E-state index is 0.0159. The molecule has 0 atom stereocenters. The molecule has 0 aliphatic carbocycles. The summed E-state index contributed by atoms with van der Waals surface area (Å²) in [5, 5.41) is 0. The largest absolute Gasteiger partial charge is 0.489 e. The highest BCUT2D eigenvalue weighted by atomic mass is 79.9. The third-order valence-corrected chi connectivity index (χ3v) is 5.79. The van der Waals surface area contributed by atoms with E-state index < -0.39 is 26.7 Å². The van der Waals surface area contributed by atoms with E-state index in [9.17, 15) is 21.6 Å². The van der Waals surface area contributed by atoms with E-state index in [0.29, 0.717) is 16.3 Å². The molecule has 9 heteroatoms. The first kappa shape index (κ1) is 17.1. The molecule has 2 aromatic rings. The third kappa shape index (κ3) is 3.10. The van der Waals surface area contributed by atoms with E-state index in [0.717, 1.165) is 22.5 Å². The highest BCUT2D eigenvalue weighted by Crippen LogP contribution is 2.38. The van der Waals surface area contributed by atoms with Crippen LogP contribution in [0.1, 0.15) is 5.56 Å². The zero-order valence-corrected chi connectivity index (χ0v) is 14.5. The lowest BCUT2D eigenvalue weighted by Gasteiger charge is -2.30. The molecule has 0 saturated heterocycles. The van der Waals surface area contributed by atoms with Crippen LogP contribution in [0.4, 0.5) is 18.9 Å². The van der Waals surface area contributed by atoms with Crippen LogP contribution < -0.4 is 9.04 Å². The van der Waals surface area contributed by atoms with Gasteiger partial charge in [-0.1, -0.05) is 22.0 Å². The van der Waals surface area contributed by atoms with E-state index in [2.05, 4.69) is 15.9 Å². The lowest BCUT2D eigenvalue weighted by atomic mass is 10.2. The number of alkyl halides is 3. The molecule has 0 amide bonds. The molecule has 1 aliphatic rings. The van der Waals surface area contributed by atoms with Gasteiger partial charge in [0, 0.05) is 4.47 Å². The lowest BCUT2D eigenvalue weighted by Crippen LogP contribution is -2.38. The molecule has 0 unspecified atom stereocenters. The summed E-state index contributed by atoms with van der Waals surface area (Å²) in [6, 6.07) is 8.56. The van der Waals surface area contributed by atoms with Gasteiger partial charge in [-0.3, -0.25) is 4.31 Å². The van der Waals surface area contributed by atoms with Gasteiger partial charge in [-0.15, -0.1) is 0 Å². The number of hydrogen-bond donors (Lipinski definition) is 0. The second-order valence-electron chi connectivity index (χ2n) is 5.06. The number of nitrogens with zero attached hydrogens (tertiary/aromatic N) is 1. The summed E-state index contributed by atoms with van der Waals surface area (Å²) in [5.74, 6) is 0.361. The molecule has 4 nitrogen and oxygen atoms in total. The Morgan fingerprint density at radius 3 is 2.58 bits per heavy atom. The van der Waals surface area contributed by atoms with Crippen LogP contribution in [0.15, 0.2) is 51.8 Å². The molecule has 0 radical (unpaired) electrons. The van der Waals surface area contributed by atoms with Gasteiger partial charge in [0.1, 0.15) is 12.4 Å². The summed E-state index contributed by atoms with van der Waals surface area (Å²) in [4.78, 5) is -0.412. The predicted molar refractivity (Wildman–Crippen MR) is 85.6 cm³/mol. The Morgan fingerprint density at radius 1 is 1.12 bits per heavy atom. The Bertz CT molecular complexity index is 884. The van der Waals surface area contributed by atoms with Gasteiger partial charge in [-0.25, -0.2) is 8.42 Å².